The fourth-order valence-electron chi connectivity index (χ4n) is 1.32. The number of carboxylic acid groups (broad SMARTS) is 1. The van der Waals surface area contributed by atoms with Crippen molar-refractivity contribution in [1.82, 2.24) is 19.7 Å². The molecule has 0 fully saturated rings. The minimum atomic E-state index is -0.864. The molecule has 0 aliphatic heterocycles. The van der Waals surface area contributed by atoms with E-state index in [9.17, 15) is 4.79 Å². The Bertz CT molecular complexity index is 537. The van der Waals surface area contributed by atoms with E-state index >= 15 is 0 Å². The maximum Gasteiger partial charge on any atom is 0.313 e. The molecule has 2 rings (SSSR count). The average molecular weight is 284 g/mol. The molecule has 96 valence electrons. The number of rotatable bonds is 6. The number of carboxylic acids is 1. The molecule has 2 aromatic rings. The molecule has 0 unspecified atom stereocenters. The van der Waals surface area contributed by atoms with E-state index in [1.165, 1.54) is 4.88 Å². The Morgan fingerprint density at radius 3 is 3.11 bits per heavy atom. The van der Waals surface area contributed by atoms with Crippen LogP contribution in [0.25, 0.3) is 0 Å². The Kier molecular flexibility index (Phi) is 4.32. The second kappa shape index (κ2) is 5.96. The summed E-state index contributed by atoms with van der Waals surface area (Å²) in [5, 5.41) is 17.9. The summed E-state index contributed by atoms with van der Waals surface area (Å²) in [5.74, 6) is -0.881. The van der Waals surface area contributed by atoms with Crippen molar-refractivity contribution in [1.29, 1.82) is 0 Å². The number of aryl methyl sites for hydroxylation is 1. The second-order valence-corrected chi connectivity index (χ2v) is 5.64. The lowest BCUT2D eigenvalue weighted by molar-refractivity contribution is -0.133. The van der Waals surface area contributed by atoms with Gasteiger partial charge < -0.3 is 9.67 Å². The molecule has 0 saturated carbocycles. The van der Waals surface area contributed by atoms with Crippen LogP contribution in [0.2, 0.25) is 0 Å². The van der Waals surface area contributed by atoms with Crippen LogP contribution < -0.4 is 0 Å². The van der Waals surface area contributed by atoms with Gasteiger partial charge in [0.1, 0.15) is 11.3 Å². The quantitative estimate of drug-likeness (QED) is 0.810. The first-order chi connectivity index (χ1) is 8.69. The van der Waals surface area contributed by atoms with E-state index in [2.05, 4.69) is 22.1 Å². The van der Waals surface area contributed by atoms with E-state index < -0.39 is 5.97 Å². The van der Waals surface area contributed by atoms with Crippen molar-refractivity contribution < 1.29 is 9.90 Å². The summed E-state index contributed by atoms with van der Waals surface area (Å²) in [7, 11) is 0. The minimum Gasteiger partial charge on any atom is -0.481 e. The summed E-state index contributed by atoms with van der Waals surface area (Å²) >= 11 is 2.81. The molecule has 0 aliphatic carbocycles. The number of carbonyl (C=O) groups is 1. The van der Waals surface area contributed by atoms with Gasteiger partial charge in [-0.3, -0.25) is 4.79 Å². The fourth-order valence-corrected chi connectivity index (χ4v) is 2.82. The summed E-state index contributed by atoms with van der Waals surface area (Å²) in [4.78, 5) is 16.1. The lowest BCUT2D eigenvalue weighted by Crippen LogP contribution is -2.03. The van der Waals surface area contributed by atoms with Crippen molar-refractivity contribution in [3.63, 3.8) is 0 Å². The molecular formula is C10H12N4O2S2. The predicted octanol–water partition coefficient (Wildman–Crippen LogP) is 1.52. The predicted molar refractivity (Wildman–Crippen MR) is 69.0 cm³/mol. The van der Waals surface area contributed by atoms with Gasteiger partial charge in [-0.1, -0.05) is 18.7 Å². The van der Waals surface area contributed by atoms with Crippen molar-refractivity contribution in [3.8, 4) is 0 Å². The lowest BCUT2D eigenvalue weighted by atomic mass is 10.4. The number of thioether (sulfide) groups is 1. The zero-order valence-corrected chi connectivity index (χ0v) is 11.4. The Labute approximate surface area is 112 Å². The van der Waals surface area contributed by atoms with Crippen LogP contribution in [0, 0.1) is 0 Å². The van der Waals surface area contributed by atoms with Crippen LogP contribution in [-0.2, 0) is 17.8 Å². The molecule has 0 bridgehead atoms. The molecule has 0 saturated heterocycles. The van der Waals surface area contributed by atoms with Gasteiger partial charge in [-0.15, -0.1) is 21.5 Å². The standard InChI is InChI=1S/C10H12N4O2S2/c1-2-7-3-11-8(18-7)4-14-6-12-13-10(14)17-5-9(15)16/h3,6H,2,4-5H2,1H3,(H,15,16). The largest absolute Gasteiger partial charge is 0.481 e. The summed E-state index contributed by atoms with van der Waals surface area (Å²) in [6, 6.07) is 0. The van der Waals surface area contributed by atoms with Gasteiger partial charge in [-0.2, -0.15) is 0 Å². The lowest BCUT2D eigenvalue weighted by Gasteiger charge is -2.02. The van der Waals surface area contributed by atoms with Gasteiger partial charge in [-0.25, -0.2) is 4.98 Å². The third-order valence-corrected chi connectivity index (χ3v) is 4.25. The molecule has 2 heterocycles. The molecule has 0 amide bonds. The number of aromatic nitrogens is 4. The van der Waals surface area contributed by atoms with Crippen molar-refractivity contribution >= 4 is 29.1 Å². The van der Waals surface area contributed by atoms with Crippen molar-refractivity contribution in [2.75, 3.05) is 5.75 Å². The molecule has 18 heavy (non-hydrogen) atoms. The highest BCUT2D eigenvalue weighted by atomic mass is 32.2. The molecule has 6 nitrogen and oxygen atoms in total. The second-order valence-electron chi connectivity index (χ2n) is 3.50. The van der Waals surface area contributed by atoms with Gasteiger partial charge in [0.15, 0.2) is 5.16 Å². The van der Waals surface area contributed by atoms with E-state index in [4.69, 9.17) is 5.11 Å². The number of hydrogen-bond acceptors (Lipinski definition) is 6. The molecule has 0 spiro atoms. The molecule has 0 aromatic carbocycles. The van der Waals surface area contributed by atoms with E-state index in [0.29, 0.717) is 11.7 Å². The number of hydrogen-bond donors (Lipinski definition) is 1. The van der Waals surface area contributed by atoms with Gasteiger partial charge in [0, 0.05) is 11.1 Å². The van der Waals surface area contributed by atoms with Crippen LogP contribution >= 0.6 is 23.1 Å². The topological polar surface area (TPSA) is 80.9 Å². The van der Waals surface area contributed by atoms with E-state index in [-0.39, 0.29) is 5.75 Å². The van der Waals surface area contributed by atoms with E-state index in [0.717, 1.165) is 23.2 Å². The van der Waals surface area contributed by atoms with Crippen LogP contribution in [-0.4, -0.2) is 36.6 Å². The molecular weight excluding hydrogens is 272 g/mol. The summed E-state index contributed by atoms with van der Waals surface area (Å²) in [5.41, 5.74) is 0. The van der Waals surface area contributed by atoms with Crippen LogP contribution in [0.15, 0.2) is 17.7 Å². The minimum absolute atomic E-state index is 0.0171. The molecule has 2 aromatic heterocycles. The average Bonchev–Trinajstić information content (AvgIpc) is 2.96. The Hall–Kier alpha value is -1.41. The normalized spacial score (nSPS) is 10.7. The van der Waals surface area contributed by atoms with Gasteiger partial charge in [0.05, 0.1) is 12.3 Å². The number of aliphatic carboxylic acids is 1. The highest BCUT2D eigenvalue weighted by molar-refractivity contribution is 7.99. The molecule has 0 aliphatic rings. The number of nitrogens with zero attached hydrogens (tertiary/aromatic N) is 4. The van der Waals surface area contributed by atoms with Crippen LogP contribution in [0.4, 0.5) is 0 Å². The zero-order valence-electron chi connectivity index (χ0n) is 9.74. The van der Waals surface area contributed by atoms with E-state index in [1.807, 2.05) is 10.8 Å². The molecule has 1 N–H and O–H groups in total. The third kappa shape index (κ3) is 3.30. The number of thiazole rings is 1. The highest BCUT2D eigenvalue weighted by Crippen LogP contribution is 2.19. The molecule has 8 heteroatoms. The SMILES string of the molecule is CCc1cnc(Cn2cnnc2SCC(=O)O)s1. The summed E-state index contributed by atoms with van der Waals surface area (Å²) in [6.07, 6.45) is 4.44. The van der Waals surface area contributed by atoms with Gasteiger partial charge in [-0.05, 0) is 6.42 Å². The monoisotopic (exact) mass is 284 g/mol. The zero-order chi connectivity index (χ0) is 13.0. The molecule has 0 radical (unpaired) electrons. The van der Waals surface area contributed by atoms with Crippen LogP contribution in [0.3, 0.4) is 0 Å². The molecule has 0 atom stereocenters. The Balaban J connectivity index is 2.04. The summed E-state index contributed by atoms with van der Waals surface area (Å²) in [6.45, 7) is 2.67. The highest BCUT2D eigenvalue weighted by Gasteiger charge is 2.09. The first-order valence-corrected chi connectivity index (χ1v) is 7.15. The van der Waals surface area contributed by atoms with Gasteiger partial charge in [0.2, 0.25) is 0 Å². The maximum atomic E-state index is 10.5. The van der Waals surface area contributed by atoms with Crippen LogP contribution in [0.1, 0.15) is 16.8 Å². The van der Waals surface area contributed by atoms with Gasteiger partial charge in [0.25, 0.3) is 0 Å². The van der Waals surface area contributed by atoms with Crippen molar-refractivity contribution in [2.45, 2.75) is 25.0 Å². The fraction of sp³-hybridized carbons (Fsp3) is 0.400. The van der Waals surface area contributed by atoms with Crippen molar-refractivity contribution in [2.24, 2.45) is 0 Å². The third-order valence-electron chi connectivity index (χ3n) is 2.16. The van der Waals surface area contributed by atoms with E-state index in [1.54, 1.807) is 17.7 Å². The Morgan fingerprint density at radius 1 is 1.61 bits per heavy atom. The van der Waals surface area contributed by atoms with Crippen molar-refractivity contribution in [3.05, 3.63) is 22.4 Å². The first kappa shape index (κ1) is 13.0. The maximum absolute atomic E-state index is 10.5. The first-order valence-electron chi connectivity index (χ1n) is 5.35. The van der Waals surface area contributed by atoms with Gasteiger partial charge >= 0.3 is 5.97 Å². The Morgan fingerprint density at radius 2 is 2.44 bits per heavy atom. The van der Waals surface area contributed by atoms with Crippen LogP contribution in [0.5, 0.6) is 0 Å². The smallest absolute Gasteiger partial charge is 0.313 e. The summed E-state index contributed by atoms with van der Waals surface area (Å²) < 4.78 is 1.81.